The largest absolute Gasteiger partial charge is 0.307 e. The molecule has 1 aliphatic rings. The van der Waals surface area contributed by atoms with E-state index in [1.807, 2.05) is 16.8 Å². The van der Waals surface area contributed by atoms with E-state index in [4.69, 9.17) is 0 Å². The number of hydrogen-bond donors (Lipinski definition) is 0. The molecule has 0 aliphatic carbocycles. The summed E-state index contributed by atoms with van der Waals surface area (Å²) < 4.78 is 27.6. The number of hydrogen-bond acceptors (Lipinski definition) is 4. The van der Waals surface area contributed by atoms with Crippen molar-refractivity contribution >= 4 is 34.3 Å². The van der Waals surface area contributed by atoms with Gasteiger partial charge in [-0.2, -0.15) is 11.3 Å². The molecule has 0 radical (unpaired) electrons. The lowest BCUT2D eigenvalue weighted by Gasteiger charge is -2.29. The number of aromatic nitrogens is 1. The van der Waals surface area contributed by atoms with Crippen LogP contribution < -0.4 is 4.90 Å². The summed E-state index contributed by atoms with van der Waals surface area (Å²) in [6.45, 7) is 0.431. The van der Waals surface area contributed by atoms with Crippen LogP contribution in [0.5, 0.6) is 0 Å². The van der Waals surface area contributed by atoms with E-state index in [0.29, 0.717) is 36.3 Å². The molecule has 3 aromatic rings. The van der Waals surface area contributed by atoms with Gasteiger partial charge in [0.25, 0.3) is 5.91 Å². The first-order chi connectivity index (χ1) is 11.6. The highest BCUT2D eigenvalue weighted by Gasteiger charge is 2.28. The van der Waals surface area contributed by atoms with Crippen molar-refractivity contribution in [2.45, 2.75) is 12.8 Å². The minimum Gasteiger partial charge on any atom is -0.307 e. The Morgan fingerprint density at radius 1 is 1.25 bits per heavy atom. The number of fused-ring (bicyclic) bond motifs is 1. The van der Waals surface area contributed by atoms with Crippen molar-refractivity contribution in [3.8, 4) is 10.6 Å². The SMILES string of the molecule is O=C(c1csc(-c2ccsc2)n1)N1CCCc2c(F)cc(F)cc21. The van der Waals surface area contributed by atoms with Gasteiger partial charge in [-0.05, 0) is 30.4 Å². The van der Waals surface area contributed by atoms with Gasteiger partial charge in [-0.1, -0.05) is 0 Å². The lowest BCUT2D eigenvalue weighted by Crippen LogP contribution is -2.36. The van der Waals surface area contributed by atoms with Crippen LogP contribution in [-0.4, -0.2) is 17.4 Å². The number of benzene rings is 1. The Balaban J connectivity index is 1.69. The fourth-order valence-electron chi connectivity index (χ4n) is 2.85. The Labute approximate surface area is 145 Å². The first-order valence-corrected chi connectivity index (χ1v) is 9.23. The minimum absolute atomic E-state index is 0.304. The summed E-state index contributed by atoms with van der Waals surface area (Å²) in [7, 11) is 0. The van der Waals surface area contributed by atoms with Gasteiger partial charge >= 0.3 is 0 Å². The molecule has 0 saturated heterocycles. The van der Waals surface area contributed by atoms with Gasteiger partial charge in [0, 0.05) is 34.5 Å². The smallest absolute Gasteiger partial charge is 0.277 e. The fourth-order valence-corrected chi connectivity index (χ4v) is 4.36. The Hall–Kier alpha value is -2.12. The normalized spacial score (nSPS) is 13.8. The number of carbonyl (C=O) groups excluding carboxylic acids is 1. The molecule has 0 atom stereocenters. The molecule has 0 bridgehead atoms. The van der Waals surface area contributed by atoms with Gasteiger partial charge in [0.05, 0.1) is 5.69 Å². The maximum atomic E-state index is 14.0. The van der Waals surface area contributed by atoms with Crippen LogP contribution in [0.2, 0.25) is 0 Å². The number of anilines is 1. The Morgan fingerprint density at radius 2 is 2.12 bits per heavy atom. The van der Waals surface area contributed by atoms with Gasteiger partial charge in [-0.25, -0.2) is 13.8 Å². The highest BCUT2D eigenvalue weighted by molar-refractivity contribution is 7.14. The molecule has 24 heavy (non-hydrogen) atoms. The number of carbonyl (C=O) groups is 1. The lowest BCUT2D eigenvalue weighted by atomic mass is 10.0. The average Bonchev–Trinajstić information content (AvgIpc) is 3.25. The predicted octanol–water partition coefficient (Wildman–Crippen LogP) is 4.74. The zero-order chi connectivity index (χ0) is 16.7. The van der Waals surface area contributed by atoms with E-state index in [-0.39, 0.29) is 5.91 Å². The van der Waals surface area contributed by atoms with Crippen LogP contribution in [0.1, 0.15) is 22.5 Å². The number of amides is 1. The molecule has 3 nitrogen and oxygen atoms in total. The van der Waals surface area contributed by atoms with E-state index in [9.17, 15) is 13.6 Å². The quantitative estimate of drug-likeness (QED) is 0.659. The summed E-state index contributed by atoms with van der Waals surface area (Å²) in [5.41, 5.74) is 1.98. The van der Waals surface area contributed by atoms with Crippen LogP contribution in [0.4, 0.5) is 14.5 Å². The highest BCUT2D eigenvalue weighted by atomic mass is 32.1. The molecule has 0 saturated carbocycles. The third kappa shape index (κ3) is 2.63. The minimum atomic E-state index is -0.678. The maximum Gasteiger partial charge on any atom is 0.277 e. The molecule has 3 heterocycles. The molecule has 1 aliphatic heterocycles. The van der Waals surface area contributed by atoms with Crippen molar-refractivity contribution < 1.29 is 13.6 Å². The van der Waals surface area contributed by atoms with Gasteiger partial charge in [0.2, 0.25) is 0 Å². The molecule has 0 unspecified atom stereocenters. The summed E-state index contributed by atoms with van der Waals surface area (Å²) in [5, 5.41) is 6.38. The third-order valence-corrected chi connectivity index (χ3v) is 5.55. The molecule has 0 N–H and O–H groups in total. The van der Waals surface area contributed by atoms with Gasteiger partial charge in [0.1, 0.15) is 22.3 Å². The Bertz CT molecular complexity index is 905. The zero-order valence-electron chi connectivity index (χ0n) is 12.5. The average molecular weight is 362 g/mol. The van der Waals surface area contributed by atoms with Crippen molar-refractivity contribution in [1.29, 1.82) is 0 Å². The second kappa shape index (κ2) is 6.07. The monoisotopic (exact) mass is 362 g/mol. The highest BCUT2D eigenvalue weighted by Crippen LogP contribution is 2.32. The van der Waals surface area contributed by atoms with Crippen molar-refractivity contribution in [3.05, 3.63) is 57.2 Å². The van der Waals surface area contributed by atoms with E-state index in [2.05, 4.69) is 4.98 Å². The summed E-state index contributed by atoms with van der Waals surface area (Å²) in [6.07, 6.45) is 1.14. The number of halogens is 2. The van der Waals surface area contributed by atoms with E-state index >= 15 is 0 Å². The van der Waals surface area contributed by atoms with E-state index < -0.39 is 11.6 Å². The second-order valence-electron chi connectivity index (χ2n) is 5.50. The van der Waals surface area contributed by atoms with Gasteiger partial charge < -0.3 is 4.90 Å². The molecule has 2 aromatic heterocycles. The van der Waals surface area contributed by atoms with Crippen molar-refractivity contribution in [1.82, 2.24) is 4.98 Å². The molecule has 122 valence electrons. The van der Waals surface area contributed by atoms with E-state index in [1.54, 1.807) is 16.7 Å². The second-order valence-corrected chi connectivity index (χ2v) is 7.13. The fraction of sp³-hybridized carbons (Fsp3) is 0.176. The van der Waals surface area contributed by atoms with Crippen LogP contribution in [0.25, 0.3) is 10.6 Å². The van der Waals surface area contributed by atoms with Crippen LogP contribution >= 0.6 is 22.7 Å². The van der Waals surface area contributed by atoms with Crippen LogP contribution in [0, 0.1) is 11.6 Å². The third-order valence-electron chi connectivity index (χ3n) is 3.97. The molecule has 1 amide bonds. The van der Waals surface area contributed by atoms with Crippen LogP contribution in [0.15, 0.2) is 34.3 Å². The lowest BCUT2D eigenvalue weighted by molar-refractivity contribution is 0.0981. The molecular weight excluding hydrogens is 350 g/mol. The topological polar surface area (TPSA) is 33.2 Å². The van der Waals surface area contributed by atoms with Crippen molar-refractivity contribution in [3.63, 3.8) is 0 Å². The molecule has 0 fully saturated rings. The van der Waals surface area contributed by atoms with Crippen molar-refractivity contribution in [2.75, 3.05) is 11.4 Å². The van der Waals surface area contributed by atoms with Gasteiger partial charge in [-0.15, -0.1) is 11.3 Å². The van der Waals surface area contributed by atoms with Gasteiger partial charge in [-0.3, -0.25) is 4.79 Å². The van der Waals surface area contributed by atoms with Crippen molar-refractivity contribution in [2.24, 2.45) is 0 Å². The van der Waals surface area contributed by atoms with E-state index in [0.717, 1.165) is 16.6 Å². The summed E-state index contributed by atoms with van der Waals surface area (Å²) in [5.74, 6) is -1.60. The number of rotatable bonds is 2. The number of thiophene rings is 1. The molecule has 0 spiro atoms. The molecule has 7 heteroatoms. The van der Waals surface area contributed by atoms with E-state index in [1.165, 1.54) is 22.3 Å². The Kier molecular flexibility index (Phi) is 3.90. The van der Waals surface area contributed by atoms with Crippen LogP contribution in [-0.2, 0) is 6.42 Å². The number of nitrogens with zero attached hydrogens (tertiary/aromatic N) is 2. The summed E-state index contributed by atoms with van der Waals surface area (Å²) in [6, 6.07) is 4.03. The predicted molar refractivity (Wildman–Crippen MR) is 91.8 cm³/mol. The standard InChI is InChI=1S/C17H12F2N2OS2/c18-11-6-13(19)12-2-1-4-21(15(12)7-11)17(22)14-9-24-16(20-14)10-3-5-23-8-10/h3,5-9H,1-2,4H2. The molecular formula is C17H12F2N2OS2. The number of thiazole rings is 1. The maximum absolute atomic E-state index is 14.0. The van der Waals surface area contributed by atoms with Crippen LogP contribution in [0.3, 0.4) is 0 Å². The summed E-state index contributed by atoms with van der Waals surface area (Å²) >= 11 is 2.95. The zero-order valence-corrected chi connectivity index (χ0v) is 14.1. The summed E-state index contributed by atoms with van der Waals surface area (Å²) in [4.78, 5) is 18.6. The molecule has 1 aromatic carbocycles. The Morgan fingerprint density at radius 3 is 2.92 bits per heavy atom. The van der Waals surface area contributed by atoms with Gasteiger partial charge in [0.15, 0.2) is 0 Å². The first-order valence-electron chi connectivity index (χ1n) is 7.41. The first kappa shape index (κ1) is 15.4. The molecule has 4 rings (SSSR count).